The molecule has 1 aromatic carbocycles. The standard InChI is InChI=1S/C15H20N2O/c1-12-3-4-14(9-13(12)2)15(10-16)11-17-5-7-18-8-6-17/h3-4,9,15H,5-8,11H2,1-2H3. The lowest BCUT2D eigenvalue weighted by Gasteiger charge is -2.28. The third-order valence-electron chi connectivity index (χ3n) is 3.63. The first-order valence-electron chi connectivity index (χ1n) is 6.47. The van der Waals surface area contributed by atoms with Crippen LogP contribution in [-0.2, 0) is 4.74 Å². The highest BCUT2D eigenvalue weighted by atomic mass is 16.5. The normalized spacial score (nSPS) is 18.3. The summed E-state index contributed by atoms with van der Waals surface area (Å²) in [6, 6.07) is 8.76. The third-order valence-corrected chi connectivity index (χ3v) is 3.63. The van der Waals surface area contributed by atoms with Crippen molar-refractivity contribution in [3.63, 3.8) is 0 Å². The lowest BCUT2D eigenvalue weighted by molar-refractivity contribution is 0.0370. The summed E-state index contributed by atoms with van der Waals surface area (Å²) in [5.41, 5.74) is 3.67. The Balaban J connectivity index is 2.07. The van der Waals surface area contributed by atoms with Gasteiger partial charge in [-0.25, -0.2) is 0 Å². The molecule has 1 saturated heterocycles. The third kappa shape index (κ3) is 3.10. The molecule has 18 heavy (non-hydrogen) atoms. The second-order valence-electron chi connectivity index (χ2n) is 4.94. The molecule has 1 atom stereocenters. The molecule has 1 fully saturated rings. The molecular formula is C15H20N2O. The molecule has 0 amide bonds. The van der Waals surface area contributed by atoms with Crippen LogP contribution >= 0.6 is 0 Å². The molecule has 0 saturated carbocycles. The van der Waals surface area contributed by atoms with Crippen LogP contribution in [0.25, 0.3) is 0 Å². The minimum absolute atomic E-state index is 0.0394. The van der Waals surface area contributed by atoms with Crippen LogP contribution in [-0.4, -0.2) is 37.7 Å². The molecule has 1 aliphatic rings. The van der Waals surface area contributed by atoms with E-state index in [1.807, 2.05) is 0 Å². The minimum Gasteiger partial charge on any atom is -0.379 e. The fourth-order valence-corrected chi connectivity index (χ4v) is 2.24. The smallest absolute Gasteiger partial charge is 0.0839 e. The number of aryl methyl sites for hydroxylation is 2. The maximum atomic E-state index is 9.36. The summed E-state index contributed by atoms with van der Waals surface area (Å²) in [5, 5.41) is 9.36. The van der Waals surface area contributed by atoms with Crippen molar-refractivity contribution in [2.24, 2.45) is 0 Å². The van der Waals surface area contributed by atoms with Crippen molar-refractivity contribution in [1.29, 1.82) is 5.26 Å². The van der Waals surface area contributed by atoms with E-state index in [-0.39, 0.29) is 5.92 Å². The SMILES string of the molecule is Cc1ccc(C(C#N)CN2CCOCC2)cc1C. The van der Waals surface area contributed by atoms with E-state index in [0.29, 0.717) is 0 Å². The van der Waals surface area contributed by atoms with Gasteiger partial charge in [0.25, 0.3) is 0 Å². The summed E-state index contributed by atoms with van der Waals surface area (Å²) in [4.78, 5) is 2.31. The lowest BCUT2D eigenvalue weighted by atomic mass is 9.96. The Morgan fingerprint density at radius 2 is 2.00 bits per heavy atom. The van der Waals surface area contributed by atoms with Crippen LogP contribution in [0.1, 0.15) is 22.6 Å². The van der Waals surface area contributed by atoms with Crippen LogP contribution in [0.4, 0.5) is 0 Å². The average molecular weight is 244 g/mol. The van der Waals surface area contributed by atoms with E-state index in [9.17, 15) is 5.26 Å². The molecule has 3 nitrogen and oxygen atoms in total. The highest BCUT2D eigenvalue weighted by molar-refractivity contribution is 5.34. The van der Waals surface area contributed by atoms with Crippen molar-refractivity contribution in [3.8, 4) is 6.07 Å². The first-order chi connectivity index (χ1) is 8.70. The predicted molar refractivity (Wildman–Crippen MR) is 71.5 cm³/mol. The molecule has 1 heterocycles. The fraction of sp³-hybridized carbons (Fsp3) is 0.533. The second kappa shape index (κ2) is 5.99. The van der Waals surface area contributed by atoms with Gasteiger partial charge < -0.3 is 4.74 Å². The molecule has 1 unspecified atom stereocenters. The van der Waals surface area contributed by atoms with Gasteiger partial charge in [-0.3, -0.25) is 4.90 Å². The zero-order valence-electron chi connectivity index (χ0n) is 11.1. The van der Waals surface area contributed by atoms with Gasteiger partial charge in [0.2, 0.25) is 0 Å². The monoisotopic (exact) mass is 244 g/mol. The van der Waals surface area contributed by atoms with Crippen LogP contribution in [0.2, 0.25) is 0 Å². The van der Waals surface area contributed by atoms with E-state index in [0.717, 1.165) is 38.4 Å². The first kappa shape index (κ1) is 13.1. The number of ether oxygens (including phenoxy) is 1. The molecule has 0 N–H and O–H groups in total. The van der Waals surface area contributed by atoms with Gasteiger partial charge in [-0.1, -0.05) is 18.2 Å². The number of hydrogen-bond acceptors (Lipinski definition) is 3. The molecule has 0 radical (unpaired) electrons. The van der Waals surface area contributed by atoms with Gasteiger partial charge in [0, 0.05) is 19.6 Å². The minimum atomic E-state index is -0.0394. The van der Waals surface area contributed by atoms with E-state index in [2.05, 4.69) is 43.0 Å². The van der Waals surface area contributed by atoms with Crippen LogP contribution in [0.5, 0.6) is 0 Å². The molecular weight excluding hydrogens is 224 g/mol. The van der Waals surface area contributed by atoms with Crippen molar-refractivity contribution in [3.05, 3.63) is 34.9 Å². The Hall–Kier alpha value is -1.37. The van der Waals surface area contributed by atoms with Gasteiger partial charge in [0.1, 0.15) is 0 Å². The fourth-order valence-electron chi connectivity index (χ4n) is 2.24. The van der Waals surface area contributed by atoms with Gasteiger partial charge in [-0.2, -0.15) is 5.26 Å². The van der Waals surface area contributed by atoms with Gasteiger partial charge in [-0.05, 0) is 30.5 Å². The first-order valence-corrected chi connectivity index (χ1v) is 6.47. The van der Waals surface area contributed by atoms with Crippen LogP contribution in [0.15, 0.2) is 18.2 Å². The molecule has 1 aromatic rings. The van der Waals surface area contributed by atoms with Crippen LogP contribution in [0, 0.1) is 25.2 Å². The number of rotatable bonds is 3. The zero-order valence-corrected chi connectivity index (χ0v) is 11.1. The van der Waals surface area contributed by atoms with E-state index in [1.54, 1.807) is 0 Å². The zero-order chi connectivity index (χ0) is 13.0. The van der Waals surface area contributed by atoms with Crippen molar-refractivity contribution in [1.82, 2.24) is 4.90 Å². The summed E-state index contributed by atoms with van der Waals surface area (Å²) in [7, 11) is 0. The van der Waals surface area contributed by atoms with Crippen LogP contribution in [0.3, 0.4) is 0 Å². The van der Waals surface area contributed by atoms with Crippen molar-refractivity contribution in [2.45, 2.75) is 19.8 Å². The molecule has 96 valence electrons. The maximum Gasteiger partial charge on any atom is 0.0839 e. The summed E-state index contributed by atoms with van der Waals surface area (Å²) >= 11 is 0. The largest absolute Gasteiger partial charge is 0.379 e. The highest BCUT2D eigenvalue weighted by Crippen LogP contribution is 2.20. The van der Waals surface area contributed by atoms with Gasteiger partial charge in [-0.15, -0.1) is 0 Å². The summed E-state index contributed by atoms with van der Waals surface area (Å²) in [5.74, 6) is -0.0394. The second-order valence-corrected chi connectivity index (χ2v) is 4.94. The van der Waals surface area contributed by atoms with E-state index >= 15 is 0 Å². The topological polar surface area (TPSA) is 36.3 Å². The Morgan fingerprint density at radius 1 is 1.28 bits per heavy atom. The van der Waals surface area contributed by atoms with Crippen LogP contribution < -0.4 is 0 Å². The number of hydrogen-bond donors (Lipinski definition) is 0. The Bertz CT molecular complexity index is 444. The Kier molecular flexibility index (Phi) is 4.35. The number of nitrogens with zero attached hydrogens (tertiary/aromatic N) is 2. The Labute approximate surface area is 109 Å². The average Bonchev–Trinajstić information content (AvgIpc) is 2.40. The van der Waals surface area contributed by atoms with E-state index < -0.39 is 0 Å². The van der Waals surface area contributed by atoms with Crippen molar-refractivity contribution < 1.29 is 4.74 Å². The Morgan fingerprint density at radius 3 is 2.61 bits per heavy atom. The quantitative estimate of drug-likeness (QED) is 0.818. The molecule has 0 aromatic heterocycles. The van der Waals surface area contributed by atoms with Gasteiger partial charge in [0.15, 0.2) is 0 Å². The molecule has 0 spiro atoms. The van der Waals surface area contributed by atoms with E-state index in [4.69, 9.17) is 4.74 Å². The number of benzene rings is 1. The lowest BCUT2D eigenvalue weighted by Crippen LogP contribution is -2.38. The number of nitriles is 1. The predicted octanol–water partition coefficient (Wildman–Crippen LogP) is 2.24. The number of morpholine rings is 1. The summed E-state index contributed by atoms with van der Waals surface area (Å²) in [6.07, 6.45) is 0. The molecule has 0 bridgehead atoms. The molecule has 0 aliphatic carbocycles. The molecule has 2 rings (SSSR count). The van der Waals surface area contributed by atoms with Gasteiger partial charge >= 0.3 is 0 Å². The molecule has 3 heteroatoms. The summed E-state index contributed by atoms with van der Waals surface area (Å²) < 4.78 is 5.33. The van der Waals surface area contributed by atoms with Crippen molar-refractivity contribution in [2.75, 3.05) is 32.8 Å². The highest BCUT2D eigenvalue weighted by Gasteiger charge is 2.18. The van der Waals surface area contributed by atoms with E-state index in [1.165, 1.54) is 11.1 Å². The van der Waals surface area contributed by atoms with Gasteiger partial charge in [0.05, 0.1) is 25.2 Å². The van der Waals surface area contributed by atoms with Crippen molar-refractivity contribution >= 4 is 0 Å². The molecule has 1 aliphatic heterocycles. The maximum absolute atomic E-state index is 9.36. The summed E-state index contributed by atoms with van der Waals surface area (Å²) in [6.45, 7) is 8.44.